The third kappa shape index (κ3) is 3.17. The lowest BCUT2D eigenvalue weighted by atomic mass is 9.84. The Hall–Kier alpha value is -2.10. The summed E-state index contributed by atoms with van der Waals surface area (Å²) in [5.41, 5.74) is 0.449. The second-order valence-corrected chi connectivity index (χ2v) is 4.22. The smallest absolute Gasteiger partial charge is 0.328 e. The second kappa shape index (κ2) is 4.82. The van der Waals surface area contributed by atoms with E-state index >= 15 is 0 Å². The Morgan fingerprint density at radius 1 is 1.12 bits per heavy atom. The predicted molar refractivity (Wildman–Crippen MR) is 63.8 cm³/mol. The molecule has 90 valence electrons. The van der Waals surface area contributed by atoms with Crippen LogP contribution in [0.3, 0.4) is 0 Å². The van der Waals surface area contributed by atoms with Crippen molar-refractivity contribution in [3.8, 4) is 0 Å². The molecule has 0 amide bonds. The van der Waals surface area contributed by atoms with Crippen molar-refractivity contribution in [2.45, 2.75) is 19.3 Å². The van der Waals surface area contributed by atoms with Gasteiger partial charge in [0.25, 0.3) is 0 Å². The first kappa shape index (κ1) is 13.0. The SMILES string of the molecule is CC(C)(C(=O)O)c1ccc(C=CC(=O)O)cc1. The average Bonchev–Trinajstić information content (AvgIpc) is 2.26. The molecule has 0 bridgehead atoms. The van der Waals surface area contributed by atoms with Crippen molar-refractivity contribution in [3.05, 3.63) is 41.5 Å². The molecule has 0 aromatic heterocycles. The van der Waals surface area contributed by atoms with Crippen LogP contribution < -0.4 is 0 Å². The number of carboxylic acids is 2. The van der Waals surface area contributed by atoms with Crippen LogP contribution in [0.2, 0.25) is 0 Å². The van der Waals surface area contributed by atoms with Crippen molar-refractivity contribution < 1.29 is 19.8 Å². The molecule has 0 aliphatic heterocycles. The standard InChI is InChI=1S/C13H14O4/c1-13(2,12(16)17)10-6-3-9(4-7-10)5-8-11(14)15/h3-8H,1-2H3,(H,14,15)(H,16,17). The first-order valence-corrected chi connectivity index (χ1v) is 5.09. The lowest BCUT2D eigenvalue weighted by Gasteiger charge is -2.19. The summed E-state index contributed by atoms with van der Waals surface area (Å²) in [7, 11) is 0. The molecule has 2 N–H and O–H groups in total. The fraction of sp³-hybridized carbons (Fsp3) is 0.231. The molecule has 0 saturated heterocycles. The van der Waals surface area contributed by atoms with Crippen LogP contribution in [-0.4, -0.2) is 22.2 Å². The maximum absolute atomic E-state index is 11.0. The van der Waals surface area contributed by atoms with Crippen LogP contribution in [0.15, 0.2) is 30.3 Å². The molecule has 4 heteroatoms. The molecular formula is C13H14O4. The lowest BCUT2D eigenvalue weighted by Crippen LogP contribution is -2.28. The Kier molecular flexibility index (Phi) is 3.68. The molecule has 1 aromatic carbocycles. The Balaban J connectivity index is 2.96. The summed E-state index contributed by atoms with van der Waals surface area (Å²) in [6.07, 6.45) is 2.50. The molecule has 0 atom stereocenters. The molecule has 0 spiro atoms. The fourth-order valence-corrected chi connectivity index (χ4v) is 1.30. The Morgan fingerprint density at radius 2 is 1.65 bits per heavy atom. The molecule has 0 aliphatic rings. The highest BCUT2D eigenvalue weighted by Gasteiger charge is 2.28. The van der Waals surface area contributed by atoms with Gasteiger partial charge in [-0.1, -0.05) is 24.3 Å². The molecule has 4 nitrogen and oxygen atoms in total. The lowest BCUT2D eigenvalue weighted by molar-refractivity contribution is -0.142. The van der Waals surface area contributed by atoms with Gasteiger partial charge in [0.2, 0.25) is 0 Å². The minimum absolute atomic E-state index is 0.678. The minimum atomic E-state index is -1.01. The van der Waals surface area contributed by atoms with E-state index in [1.165, 1.54) is 6.08 Å². The normalized spacial score (nSPS) is 11.6. The summed E-state index contributed by atoms with van der Waals surface area (Å²) in [6.45, 7) is 3.24. The number of hydrogen-bond acceptors (Lipinski definition) is 2. The topological polar surface area (TPSA) is 74.6 Å². The summed E-state index contributed by atoms with van der Waals surface area (Å²) >= 11 is 0. The van der Waals surface area contributed by atoms with E-state index in [4.69, 9.17) is 10.2 Å². The van der Waals surface area contributed by atoms with Crippen LogP contribution in [0.1, 0.15) is 25.0 Å². The first-order chi connectivity index (χ1) is 7.84. The monoisotopic (exact) mass is 234 g/mol. The third-order valence-corrected chi connectivity index (χ3v) is 2.59. The van der Waals surface area contributed by atoms with E-state index in [1.54, 1.807) is 38.1 Å². The van der Waals surface area contributed by atoms with Crippen molar-refractivity contribution in [2.75, 3.05) is 0 Å². The number of carbonyl (C=O) groups is 2. The zero-order valence-corrected chi connectivity index (χ0v) is 9.68. The zero-order valence-electron chi connectivity index (χ0n) is 9.68. The summed E-state index contributed by atoms with van der Waals surface area (Å²) < 4.78 is 0. The van der Waals surface area contributed by atoms with E-state index in [0.29, 0.717) is 5.56 Å². The van der Waals surface area contributed by atoms with E-state index in [1.807, 2.05) is 0 Å². The van der Waals surface area contributed by atoms with Gasteiger partial charge in [-0.05, 0) is 31.1 Å². The molecular weight excluding hydrogens is 220 g/mol. The molecule has 0 radical (unpaired) electrons. The predicted octanol–water partition coefficient (Wildman–Crippen LogP) is 2.15. The van der Waals surface area contributed by atoms with Gasteiger partial charge in [-0.3, -0.25) is 4.79 Å². The zero-order chi connectivity index (χ0) is 13.1. The molecule has 1 rings (SSSR count). The van der Waals surface area contributed by atoms with Gasteiger partial charge in [0.15, 0.2) is 0 Å². The van der Waals surface area contributed by atoms with Crippen molar-refractivity contribution >= 4 is 18.0 Å². The highest BCUT2D eigenvalue weighted by atomic mass is 16.4. The van der Waals surface area contributed by atoms with Crippen LogP contribution in [0, 0.1) is 0 Å². The maximum Gasteiger partial charge on any atom is 0.328 e. The summed E-state index contributed by atoms with van der Waals surface area (Å²) in [4.78, 5) is 21.4. The highest BCUT2D eigenvalue weighted by molar-refractivity contribution is 5.85. The number of carboxylic acid groups (broad SMARTS) is 2. The summed E-state index contributed by atoms with van der Waals surface area (Å²) in [5.74, 6) is -1.91. The molecule has 1 aromatic rings. The molecule has 0 aliphatic carbocycles. The second-order valence-electron chi connectivity index (χ2n) is 4.22. The van der Waals surface area contributed by atoms with Gasteiger partial charge < -0.3 is 10.2 Å². The fourth-order valence-electron chi connectivity index (χ4n) is 1.30. The van der Waals surface area contributed by atoms with E-state index in [9.17, 15) is 9.59 Å². The Bertz CT molecular complexity index is 455. The number of benzene rings is 1. The van der Waals surface area contributed by atoms with Crippen LogP contribution in [0.25, 0.3) is 6.08 Å². The van der Waals surface area contributed by atoms with Crippen LogP contribution in [0.5, 0.6) is 0 Å². The first-order valence-electron chi connectivity index (χ1n) is 5.09. The third-order valence-electron chi connectivity index (χ3n) is 2.59. The van der Waals surface area contributed by atoms with E-state index in [-0.39, 0.29) is 0 Å². The molecule has 0 saturated carbocycles. The van der Waals surface area contributed by atoms with Gasteiger partial charge in [0.1, 0.15) is 0 Å². The molecule has 17 heavy (non-hydrogen) atoms. The Morgan fingerprint density at radius 3 is 2.06 bits per heavy atom. The maximum atomic E-state index is 11.0. The van der Waals surface area contributed by atoms with Crippen molar-refractivity contribution in [1.82, 2.24) is 0 Å². The van der Waals surface area contributed by atoms with Crippen LogP contribution >= 0.6 is 0 Å². The Labute approximate surface area is 99.2 Å². The number of rotatable bonds is 4. The highest BCUT2D eigenvalue weighted by Crippen LogP contribution is 2.23. The van der Waals surface area contributed by atoms with E-state index < -0.39 is 17.4 Å². The van der Waals surface area contributed by atoms with Gasteiger partial charge in [-0.25, -0.2) is 4.79 Å². The largest absolute Gasteiger partial charge is 0.481 e. The quantitative estimate of drug-likeness (QED) is 0.783. The van der Waals surface area contributed by atoms with Gasteiger partial charge in [0.05, 0.1) is 5.41 Å². The van der Waals surface area contributed by atoms with E-state index in [0.717, 1.165) is 11.6 Å². The van der Waals surface area contributed by atoms with Crippen molar-refractivity contribution in [2.24, 2.45) is 0 Å². The van der Waals surface area contributed by atoms with Gasteiger partial charge in [0, 0.05) is 6.08 Å². The molecule has 0 heterocycles. The van der Waals surface area contributed by atoms with Crippen molar-refractivity contribution in [3.63, 3.8) is 0 Å². The molecule has 0 unspecified atom stereocenters. The van der Waals surface area contributed by atoms with Crippen LogP contribution in [0.4, 0.5) is 0 Å². The summed E-state index contributed by atoms with van der Waals surface area (Å²) in [5, 5.41) is 17.5. The summed E-state index contributed by atoms with van der Waals surface area (Å²) in [6, 6.07) is 6.77. The van der Waals surface area contributed by atoms with Gasteiger partial charge in [-0.2, -0.15) is 0 Å². The van der Waals surface area contributed by atoms with Crippen LogP contribution in [-0.2, 0) is 15.0 Å². The molecule has 0 fully saturated rings. The van der Waals surface area contributed by atoms with Gasteiger partial charge in [-0.15, -0.1) is 0 Å². The minimum Gasteiger partial charge on any atom is -0.481 e. The number of aliphatic carboxylic acids is 2. The average molecular weight is 234 g/mol. The number of hydrogen-bond donors (Lipinski definition) is 2. The van der Waals surface area contributed by atoms with E-state index in [2.05, 4.69) is 0 Å². The van der Waals surface area contributed by atoms with Crippen molar-refractivity contribution in [1.29, 1.82) is 0 Å². The van der Waals surface area contributed by atoms with Gasteiger partial charge >= 0.3 is 11.9 Å².